The molecule has 3 amide bonds. The fraction of sp³-hybridized carbons (Fsp3) is 0.833. The third-order valence-electron chi connectivity index (χ3n) is 2.71. The molecule has 2 N–H and O–H groups in total. The van der Waals surface area contributed by atoms with Crippen LogP contribution in [0.1, 0.15) is 33.6 Å². The van der Waals surface area contributed by atoms with Gasteiger partial charge in [-0.15, -0.1) is 0 Å². The molecule has 0 aromatic rings. The molecule has 1 heterocycles. The van der Waals surface area contributed by atoms with E-state index in [-0.39, 0.29) is 18.2 Å². The Morgan fingerprint density at radius 2 is 1.78 bits per heavy atom. The van der Waals surface area contributed by atoms with Crippen LogP contribution in [-0.2, 0) is 4.74 Å². The zero-order chi connectivity index (χ0) is 13.8. The Bertz CT molecular complexity index is 304. The second kappa shape index (κ2) is 5.93. The average molecular weight is 257 g/mol. The number of likely N-dealkylation sites (tertiary alicyclic amines) is 1. The number of amides is 3. The van der Waals surface area contributed by atoms with Gasteiger partial charge in [-0.3, -0.25) is 0 Å². The first-order valence-electron chi connectivity index (χ1n) is 6.28. The quantitative estimate of drug-likeness (QED) is 0.744. The topological polar surface area (TPSA) is 70.7 Å². The van der Waals surface area contributed by atoms with E-state index in [2.05, 4.69) is 10.6 Å². The standard InChI is InChI=1S/C12H23N3O3/c1-12(2,3)18-11(17)15-7-5-9(6-8-15)14-10(16)13-4/h9H,5-8H2,1-4H3,(H2,13,14,16). The molecule has 0 unspecified atom stereocenters. The molecular weight excluding hydrogens is 234 g/mol. The van der Waals surface area contributed by atoms with Gasteiger partial charge in [-0.1, -0.05) is 0 Å². The average Bonchev–Trinajstić information content (AvgIpc) is 2.27. The van der Waals surface area contributed by atoms with Crippen molar-refractivity contribution in [2.24, 2.45) is 0 Å². The van der Waals surface area contributed by atoms with Gasteiger partial charge in [0.05, 0.1) is 0 Å². The summed E-state index contributed by atoms with van der Waals surface area (Å²) in [6, 6.07) is -0.0469. The summed E-state index contributed by atoms with van der Waals surface area (Å²) in [7, 11) is 1.59. The highest BCUT2D eigenvalue weighted by Crippen LogP contribution is 2.15. The lowest BCUT2D eigenvalue weighted by Gasteiger charge is -2.33. The molecule has 0 aliphatic carbocycles. The first-order chi connectivity index (χ1) is 8.31. The minimum absolute atomic E-state index is 0.128. The molecule has 0 aromatic heterocycles. The van der Waals surface area contributed by atoms with Gasteiger partial charge in [-0.25, -0.2) is 9.59 Å². The van der Waals surface area contributed by atoms with E-state index in [1.165, 1.54) is 0 Å². The molecule has 0 radical (unpaired) electrons. The summed E-state index contributed by atoms with van der Waals surface area (Å²) in [5.74, 6) is 0. The van der Waals surface area contributed by atoms with Crippen molar-refractivity contribution in [3.63, 3.8) is 0 Å². The van der Waals surface area contributed by atoms with Crippen molar-refractivity contribution in [3.05, 3.63) is 0 Å². The number of hydrogen-bond donors (Lipinski definition) is 2. The minimum Gasteiger partial charge on any atom is -0.444 e. The molecule has 6 heteroatoms. The lowest BCUT2D eigenvalue weighted by Crippen LogP contribution is -2.49. The number of nitrogens with one attached hydrogen (secondary N) is 2. The molecule has 0 saturated carbocycles. The Morgan fingerprint density at radius 1 is 1.22 bits per heavy atom. The van der Waals surface area contributed by atoms with Gasteiger partial charge in [0.25, 0.3) is 0 Å². The van der Waals surface area contributed by atoms with Crippen LogP contribution in [-0.4, -0.2) is 48.8 Å². The Kier molecular flexibility index (Phi) is 4.81. The molecule has 1 fully saturated rings. The molecule has 1 rings (SSSR count). The molecule has 6 nitrogen and oxygen atoms in total. The molecular formula is C12H23N3O3. The third kappa shape index (κ3) is 4.81. The molecule has 1 saturated heterocycles. The molecule has 1 aliphatic heterocycles. The van der Waals surface area contributed by atoms with Crippen LogP contribution in [0, 0.1) is 0 Å². The predicted molar refractivity (Wildman–Crippen MR) is 68.4 cm³/mol. The van der Waals surface area contributed by atoms with Gasteiger partial charge in [0.2, 0.25) is 0 Å². The fourth-order valence-electron chi connectivity index (χ4n) is 1.79. The maximum atomic E-state index is 11.8. The fourth-order valence-corrected chi connectivity index (χ4v) is 1.79. The zero-order valence-electron chi connectivity index (χ0n) is 11.6. The highest BCUT2D eigenvalue weighted by atomic mass is 16.6. The zero-order valence-corrected chi connectivity index (χ0v) is 11.6. The molecule has 18 heavy (non-hydrogen) atoms. The summed E-state index contributed by atoms with van der Waals surface area (Å²) in [6.07, 6.45) is 1.24. The van der Waals surface area contributed by atoms with Gasteiger partial charge in [-0.05, 0) is 33.6 Å². The Morgan fingerprint density at radius 3 is 2.22 bits per heavy atom. The molecule has 0 bridgehead atoms. The van der Waals surface area contributed by atoms with Crippen LogP contribution in [0.4, 0.5) is 9.59 Å². The van der Waals surface area contributed by atoms with Crippen LogP contribution >= 0.6 is 0 Å². The van der Waals surface area contributed by atoms with Crippen LogP contribution in [0.3, 0.4) is 0 Å². The smallest absolute Gasteiger partial charge is 0.410 e. The first-order valence-corrected chi connectivity index (χ1v) is 6.28. The van der Waals surface area contributed by atoms with Crippen molar-refractivity contribution in [3.8, 4) is 0 Å². The van der Waals surface area contributed by atoms with E-state index in [1.54, 1.807) is 11.9 Å². The van der Waals surface area contributed by atoms with Crippen molar-refractivity contribution in [1.29, 1.82) is 0 Å². The Balaban J connectivity index is 2.35. The number of urea groups is 1. The van der Waals surface area contributed by atoms with Crippen LogP contribution in [0.25, 0.3) is 0 Å². The van der Waals surface area contributed by atoms with Gasteiger partial charge in [0.15, 0.2) is 0 Å². The van der Waals surface area contributed by atoms with Gasteiger partial charge in [0.1, 0.15) is 5.60 Å². The highest BCUT2D eigenvalue weighted by Gasteiger charge is 2.27. The second-order valence-electron chi connectivity index (χ2n) is 5.47. The van der Waals surface area contributed by atoms with Crippen molar-refractivity contribution in [2.75, 3.05) is 20.1 Å². The number of hydrogen-bond acceptors (Lipinski definition) is 3. The summed E-state index contributed by atoms with van der Waals surface area (Å²) in [5.41, 5.74) is -0.464. The molecule has 0 atom stereocenters. The lowest BCUT2D eigenvalue weighted by molar-refractivity contribution is 0.0201. The van der Waals surface area contributed by atoms with E-state index in [0.29, 0.717) is 13.1 Å². The summed E-state index contributed by atoms with van der Waals surface area (Å²) in [4.78, 5) is 24.6. The van der Waals surface area contributed by atoms with Crippen molar-refractivity contribution < 1.29 is 14.3 Å². The van der Waals surface area contributed by atoms with Gasteiger partial charge in [0, 0.05) is 26.2 Å². The number of rotatable bonds is 1. The van der Waals surface area contributed by atoms with E-state index in [0.717, 1.165) is 12.8 Å². The summed E-state index contributed by atoms with van der Waals surface area (Å²) in [5, 5.41) is 5.37. The number of carbonyl (C=O) groups is 2. The van der Waals surface area contributed by atoms with Crippen molar-refractivity contribution in [1.82, 2.24) is 15.5 Å². The summed E-state index contributed by atoms with van der Waals surface area (Å²) < 4.78 is 5.30. The lowest BCUT2D eigenvalue weighted by atomic mass is 10.1. The molecule has 104 valence electrons. The maximum Gasteiger partial charge on any atom is 0.410 e. The van der Waals surface area contributed by atoms with Crippen LogP contribution in [0.2, 0.25) is 0 Å². The molecule has 0 spiro atoms. The van der Waals surface area contributed by atoms with E-state index >= 15 is 0 Å². The van der Waals surface area contributed by atoms with E-state index < -0.39 is 5.60 Å². The largest absolute Gasteiger partial charge is 0.444 e. The normalized spacial score (nSPS) is 17.2. The monoisotopic (exact) mass is 257 g/mol. The summed E-state index contributed by atoms with van der Waals surface area (Å²) in [6.45, 7) is 6.79. The number of carbonyl (C=O) groups excluding carboxylic acids is 2. The van der Waals surface area contributed by atoms with E-state index in [1.807, 2.05) is 20.8 Å². The molecule has 1 aliphatic rings. The van der Waals surface area contributed by atoms with Crippen LogP contribution in [0.5, 0.6) is 0 Å². The van der Waals surface area contributed by atoms with Gasteiger partial charge >= 0.3 is 12.1 Å². The minimum atomic E-state index is -0.464. The number of piperidine rings is 1. The van der Waals surface area contributed by atoms with Crippen LogP contribution < -0.4 is 10.6 Å². The first kappa shape index (κ1) is 14.6. The summed E-state index contributed by atoms with van der Waals surface area (Å²) >= 11 is 0. The van der Waals surface area contributed by atoms with Gasteiger partial charge < -0.3 is 20.3 Å². The molecule has 0 aromatic carbocycles. The Hall–Kier alpha value is -1.46. The number of ether oxygens (including phenoxy) is 1. The van der Waals surface area contributed by atoms with Crippen molar-refractivity contribution in [2.45, 2.75) is 45.3 Å². The van der Waals surface area contributed by atoms with Gasteiger partial charge in [-0.2, -0.15) is 0 Å². The van der Waals surface area contributed by atoms with Crippen molar-refractivity contribution >= 4 is 12.1 Å². The maximum absolute atomic E-state index is 11.8. The number of nitrogens with zero attached hydrogens (tertiary/aromatic N) is 1. The Labute approximate surface area is 108 Å². The van der Waals surface area contributed by atoms with E-state index in [9.17, 15) is 9.59 Å². The predicted octanol–water partition coefficient (Wildman–Crippen LogP) is 1.31. The third-order valence-corrected chi connectivity index (χ3v) is 2.71. The van der Waals surface area contributed by atoms with Crippen LogP contribution in [0.15, 0.2) is 0 Å². The highest BCUT2D eigenvalue weighted by molar-refractivity contribution is 5.74. The SMILES string of the molecule is CNC(=O)NC1CCN(C(=O)OC(C)(C)C)CC1. The second-order valence-corrected chi connectivity index (χ2v) is 5.47. The van der Waals surface area contributed by atoms with E-state index in [4.69, 9.17) is 4.74 Å².